The summed E-state index contributed by atoms with van der Waals surface area (Å²) in [6.07, 6.45) is 18.9. The van der Waals surface area contributed by atoms with E-state index >= 15 is 0 Å². The minimum absolute atomic E-state index is 0.0966. The van der Waals surface area contributed by atoms with Crippen LogP contribution < -0.4 is 0 Å². The van der Waals surface area contributed by atoms with E-state index in [0.29, 0.717) is 23.7 Å². The fourth-order valence-electron chi connectivity index (χ4n) is 10.6. The van der Waals surface area contributed by atoms with Gasteiger partial charge in [-0.2, -0.15) is 0 Å². The van der Waals surface area contributed by atoms with Gasteiger partial charge in [-0.3, -0.25) is 0 Å². The first kappa shape index (κ1) is 54.4. The van der Waals surface area contributed by atoms with E-state index in [2.05, 4.69) is 106 Å². The molecule has 2 aromatic rings. The van der Waals surface area contributed by atoms with E-state index in [1.54, 1.807) is 0 Å². The molecular weight excluding hydrogens is 1040 g/mol. The van der Waals surface area contributed by atoms with Gasteiger partial charge in [0.15, 0.2) is 0 Å². The Morgan fingerprint density at radius 1 is 0.483 bits per heavy atom. The van der Waals surface area contributed by atoms with Crippen molar-refractivity contribution < 1.29 is 15.6 Å². The molecule has 0 nitrogen and oxygen atoms in total. The molecule has 0 heterocycles. The molecule has 0 bridgehead atoms. The predicted octanol–water partition coefficient (Wildman–Crippen LogP) is 20.5. The van der Waals surface area contributed by atoms with E-state index < -0.39 is 33.5 Å². The predicted molar refractivity (Wildman–Crippen MR) is 282 cm³/mol. The van der Waals surface area contributed by atoms with Crippen LogP contribution in [0.5, 0.6) is 0 Å². The van der Waals surface area contributed by atoms with Crippen molar-refractivity contribution in [2.75, 3.05) is 0 Å². The zero-order chi connectivity index (χ0) is 44.8. The van der Waals surface area contributed by atoms with Gasteiger partial charge in [0, 0.05) is 0 Å². The molecule has 2 aliphatic rings. The summed E-state index contributed by atoms with van der Waals surface area (Å²) < 4.78 is 0.193. The summed E-state index contributed by atoms with van der Waals surface area (Å²) >= 11 is 32.1. The van der Waals surface area contributed by atoms with Crippen molar-refractivity contribution in [3.05, 3.63) is 79.9 Å². The van der Waals surface area contributed by atoms with E-state index in [0.717, 1.165) is 37.8 Å². The van der Waals surface area contributed by atoms with Crippen molar-refractivity contribution in [2.45, 2.75) is 201 Å². The Balaban J connectivity index is 1.85. The fourth-order valence-corrected chi connectivity index (χ4v) is 65.8. The van der Waals surface area contributed by atoms with E-state index in [1.807, 2.05) is 0 Å². The van der Waals surface area contributed by atoms with Gasteiger partial charge in [-0.05, 0) is 0 Å². The van der Waals surface area contributed by atoms with Gasteiger partial charge in [0.2, 0.25) is 0 Å². The number of hydrogen-bond acceptors (Lipinski definition) is 0. The third kappa shape index (κ3) is 13.9. The van der Waals surface area contributed by atoms with Crippen molar-refractivity contribution in [3.63, 3.8) is 0 Å². The van der Waals surface area contributed by atoms with Crippen molar-refractivity contribution in [3.8, 4) is 0 Å². The molecule has 0 amide bonds. The van der Waals surface area contributed by atoms with Crippen LogP contribution in [0.3, 0.4) is 0 Å². The van der Waals surface area contributed by atoms with Crippen LogP contribution in [0, 0.1) is 0 Å². The summed E-state index contributed by atoms with van der Waals surface area (Å²) in [5.41, 5.74) is 14.2. The maximum absolute atomic E-state index is 9.28. The van der Waals surface area contributed by atoms with Gasteiger partial charge < -0.3 is 0 Å². The number of halogens is 8. The molecule has 2 aromatic carbocycles. The van der Waals surface area contributed by atoms with E-state index in [1.165, 1.54) is 119 Å². The van der Waals surface area contributed by atoms with Crippen LogP contribution in [0.2, 0.25) is 24.2 Å². The Kier molecular flexibility index (Phi) is 21.0. The molecule has 0 spiro atoms. The van der Waals surface area contributed by atoms with E-state index in [4.69, 9.17) is 66.5 Å². The standard InChI is InChI=1S/C16H33Cl6Si3.2C16H21.2ClH.Zr/c17-24(18,19)15-11-7-3-1-5-9-13-23-14-10-6-2-4-8-12-16-25(20,21)22;2*1-10(2)13-8-14-6-12(5)7-16(14)15(9-13)11(3)4;;;/h23H,1-16H2;2*6-11H,1-5H3;2*1H;/q;;;;;+2/p-2. The Morgan fingerprint density at radius 2 is 0.800 bits per heavy atom. The fraction of sp³-hybridized carbons (Fsp3) is 0.667. The van der Waals surface area contributed by atoms with Crippen LogP contribution in [0.25, 0.3) is 12.2 Å². The van der Waals surface area contributed by atoms with Gasteiger partial charge in [-0.1, -0.05) is 0 Å². The Labute approximate surface area is 406 Å². The Bertz CT molecular complexity index is 1680. The topological polar surface area (TPSA) is 0 Å². The first-order valence-electron chi connectivity index (χ1n) is 23.3. The summed E-state index contributed by atoms with van der Waals surface area (Å²) in [6.45, 7) is 23.5. The molecule has 60 heavy (non-hydrogen) atoms. The second-order valence-electron chi connectivity index (χ2n) is 20.0. The van der Waals surface area contributed by atoms with Crippen LogP contribution in [0.15, 0.2) is 35.4 Å². The molecule has 0 saturated carbocycles. The monoisotopic (exact) mass is 1110 g/mol. The summed E-state index contributed by atoms with van der Waals surface area (Å²) in [5, 5.41) is 0. The molecule has 2 atom stereocenters. The van der Waals surface area contributed by atoms with Gasteiger partial charge in [0.1, 0.15) is 0 Å². The molecular formula is C48H75Cl8Si3Zr. The maximum atomic E-state index is 9.28. The zero-order valence-electron chi connectivity index (χ0n) is 38.3. The first-order chi connectivity index (χ1) is 27.9. The van der Waals surface area contributed by atoms with Crippen LogP contribution in [-0.4, -0.2) is 17.9 Å². The van der Waals surface area contributed by atoms with Crippen LogP contribution in [0.4, 0.5) is 0 Å². The first-order valence-corrected chi connectivity index (χ1v) is 49.4. The number of benzene rings is 2. The molecule has 0 fully saturated rings. The molecule has 0 aliphatic heterocycles. The Morgan fingerprint density at radius 3 is 1.10 bits per heavy atom. The van der Waals surface area contributed by atoms with Gasteiger partial charge in [-0.25, -0.2) is 0 Å². The molecule has 0 radical (unpaired) electrons. The number of allylic oxidation sites excluding steroid dienone is 2. The average Bonchev–Trinajstić information content (AvgIpc) is 3.67. The van der Waals surface area contributed by atoms with Crippen molar-refractivity contribution in [2.24, 2.45) is 0 Å². The Hall–Kier alpha value is 1.77. The summed E-state index contributed by atoms with van der Waals surface area (Å²) in [5.74, 6) is -0.206. The van der Waals surface area contributed by atoms with E-state index in [9.17, 15) is 17.0 Å². The zero-order valence-corrected chi connectivity index (χ0v) is 50.0. The molecule has 2 unspecified atom stereocenters. The van der Waals surface area contributed by atoms with Gasteiger partial charge >= 0.3 is 410 Å². The average molecular weight is 1110 g/mol. The number of fused-ring (bicyclic) bond motifs is 2. The van der Waals surface area contributed by atoms with Gasteiger partial charge in [-0.15, -0.1) is 0 Å². The SMILES string of the molecule is CC1=Cc2c(C(C)C)cc(C(C)C)cc2[CH]1[Zr]([Cl])([Cl])([CH]1C(C)=Cc2c(C(C)C)cc(C(C)C)cc21)[SiH](CCCCCCCC[Si](Cl)(Cl)Cl)CCCCCCCC[Si](Cl)(Cl)Cl. The molecule has 4 rings (SSSR count). The molecule has 2 aliphatic carbocycles. The van der Waals surface area contributed by atoms with Gasteiger partial charge in [0.25, 0.3) is 0 Å². The van der Waals surface area contributed by atoms with Crippen LogP contribution >= 0.6 is 83.5 Å². The van der Waals surface area contributed by atoms with Crippen LogP contribution in [0.1, 0.15) is 222 Å². The van der Waals surface area contributed by atoms with Crippen LogP contribution in [-0.2, 0) is 15.6 Å². The summed E-state index contributed by atoms with van der Waals surface area (Å²) in [6, 6.07) is 8.83. The van der Waals surface area contributed by atoms with E-state index in [-0.39, 0.29) is 7.25 Å². The summed E-state index contributed by atoms with van der Waals surface area (Å²) in [4.78, 5) is 0. The normalized spacial score (nSPS) is 17.9. The quantitative estimate of drug-likeness (QED) is 0.0528. The number of hydrogen-bond donors (Lipinski definition) is 0. The number of unbranched alkanes of at least 4 members (excludes halogenated alkanes) is 10. The van der Waals surface area contributed by atoms with Gasteiger partial charge in [0.05, 0.1) is 0 Å². The number of rotatable bonds is 25. The third-order valence-corrected chi connectivity index (χ3v) is 67.8. The summed E-state index contributed by atoms with van der Waals surface area (Å²) in [7, 11) is 18.6. The second kappa shape index (κ2) is 23.2. The molecule has 339 valence electrons. The minimum atomic E-state index is -5.13. The molecule has 12 heteroatoms. The third-order valence-electron chi connectivity index (χ3n) is 13.8. The molecule has 0 saturated heterocycles. The second-order valence-corrected chi connectivity index (χ2v) is 78.8. The van der Waals surface area contributed by atoms with Crippen molar-refractivity contribution in [1.29, 1.82) is 0 Å². The molecule has 0 aromatic heterocycles. The van der Waals surface area contributed by atoms with Crippen molar-refractivity contribution >= 4 is 114 Å². The van der Waals surface area contributed by atoms with Crippen molar-refractivity contribution in [1.82, 2.24) is 0 Å². The molecule has 0 N–H and O–H groups in total.